The van der Waals surface area contributed by atoms with Crippen molar-refractivity contribution in [3.05, 3.63) is 64.5 Å². The van der Waals surface area contributed by atoms with E-state index in [0.717, 1.165) is 11.1 Å². The van der Waals surface area contributed by atoms with E-state index >= 15 is 0 Å². The van der Waals surface area contributed by atoms with E-state index in [2.05, 4.69) is 20.8 Å². The summed E-state index contributed by atoms with van der Waals surface area (Å²) in [5.41, 5.74) is 2.27. The molecule has 0 bridgehead atoms. The summed E-state index contributed by atoms with van der Waals surface area (Å²) in [7, 11) is 0. The number of ether oxygens (including phenoxy) is 1. The van der Waals surface area contributed by atoms with Crippen LogP contribution < -0.4 is 15.4 Å². The molecule has 10 nitrogen and oxygen atoms in total. The zero-order valence-corrected chi connectivity index (χ0v) is 21.9. The molecule has 2 N–H and O–H groups in total. The number of nitrogens with zero attached hydrogens (tertiary/aromatic N) is 3. The van der Waals surface area contributed by atoms with Gasteiger partial charge in [-0.1, -0.05) is 41.0 Å². The summed E-state index contributed by atoms with van der Waals surface area (Å²) < 4.78 is 11.0. The third-order valence-electron chi connectivity index (χ3n) is 6.08. The molecule has 1 aromatic heterocycles. The number of hydrogen-bond donors (Lipinski definition) is 2. The average molecular weight is 540 g/mol. The van der Waals surface area contributed by atoms with E-state index in [1.165, 1.54) is 4.90 Å². The summed E-state index contributed by atoms with van der Waals surface area (Å²) in [6, 6.07) is 12.6. The minimum atomic E-state index is -0.314. The SMILES string of the molecule is Cc1ccccc1-c1noc(CCCC(=O)N2CCCNC(=O)c3cc(Cl)ccc3OCCNC(=O)C2)n1. The number of fused-ring (bicyclic) bond motifs is 1. The summed E-state index contributed by atoms with van der Waals surface area (Å²) in [6.07, 6.45) is 1.64. The molecule has 0 spiro atoms. The maximum absolute atomic E-state index is 13.0. The molecule has 4 rings (SSSR count). The van der Waals surface area contributed by atoms with Gasteiger partial charge in [0.15, 0.2) is 0 Å². The van der Waals surface area contributed by atoms with Gasteiger partial charge in [-0.25, -0.2) is 0 Å². The van der Waals surface area contributed by atoms with Gasteiger partial charge in [0, 0.05) is 36.5 Å². The van der Waals surface area contributed by atoms with Crippen molar-refractivity contribution in [1.29, 1.82) is 0 Å². The first-order chi connectivity index (χ1) is 18.4. The summed E-state index contributed by atoms with van der Waals surface area (Å²) in [6.45, 7) is 2.94. The van der Waals surface area contributed by atoms with Crippen LogP contribution in [-0.4, -0.2) is 65.5 Å². The summed E-state index contributed by atoms with van der Waals surface area (Å²) in [5, 5.41) is 10.1. The van der Waals surface area contributed by atoms with Gasteiger partial charge in [0.1, 0.15) is 12.4 Å². The molecule has 11 heteroatoms. The van der Waals surface area contributed by atoms with Gasteiger partial charge in [-0.2, -0.15) is 4.98 Å². The van der Waals surface area contributed by atoms with Crippen LogP contribution in [0.2, 0.25) is 5.02 Å². The quantitative estimate of drug-likeness (QED) is 0.510. The van der Waals surface area contributed by atoms with Crippen LogP contribution >= 0.6 is 11.6 Å². The first-order valence-electron chi connectivity index (χ1n) is 12.5. The standard InChI is InChI=1S/C27H30ClN5O5/c1-18-6-2-3-7-20(18)26-31-24(38-32-26)8-4-9-25(35)33-14-5-12-30-27(36)21-16-19(28)10-11-22(21)37-15-13-29-23(34)17-33/h2-3,6-7,10-11,16H,4-5,8-9,12-15,17H2,1H3,(H,29,34)(H,30,36). The van der Waals surface area contributed by atoms with Crippen molar-refractivity contribution in [3.8, 4) is 17.1 Å². The Kier molecular flexibility index (Phi) is 9.31. The molecule has 1 aliphatic rings. The smallest absolute Gasteiger partial charge is 0.255 e. The van der Waals surface area contributed by atoms with Crippen LogP contribution in [-0.2, 0) is 16.0 Å². The molecular weight excluding hydrogens is 510 g/mol. The zero-order valence-electron chi connectivity index (χ0n) is 21.2. The Bertz CT molecular complexity index is 1290. The second-order valence-electron chi connectivity index (χ2n) is 8.94. The fourth-order valence-corrected chi connectivity index (χ4v) is 4.26. The van der Waals surface area contributed by atoms with E-state index in [-0.39, 0.29) is 43.8 Å². The number of nitrogens with one attached hydrogen (secondary N) is 2. The second kappa shape index (κ2) is 13.0. The number of hydrogen-bond acceptors (Lipinski definition) is 7. The highest BCUT2D eigenvalue weighted by molar-refractivity contribution is 6.31. The lowest BCUT2D eigenvalue weighted by Gasteiger charge is -2.23. The molecule has 0 fully saturated rings. The van der Waals surface area contributed by atoms with Crippen molar-refractivity contribution < 1.29 is 23.6 Å². The van der Waals surface area contributed by atoms with Gasteiger partial charge in [0.2, 0.25) is 23.5 Å². The van der Waals surface area contributed by atoms with Crippen molar-refractivity contribution in [3.63, 3.8) is 0 Å². The van der Waals surface area contributed by atoms with Crippen LogP contribution in [0.5, 0.6) is 5.75 Å². The molecule has 200 valence electrons. The highest BCUT2D eigenvalue weighted by Gasteiger charge is 2.19. The van der Waals surface area contributed by atoms with E-state index in [1.54, 1.807) is 18.2 Å². The molecule has 3 aromatic rings. The lowest BCUT2D eigenvalue weighted by Crippen LogP contribution is -2.43. The van der Waals surface area contributed by atoms with Crippen molar-refractivity contribution in [2.45, 2.75) is 32.6 Å². The molecule has 0 atom stereocenters. The Hall–Kier alpha value is -3.92. The molecule has 0 radical (unpaired) electrons. The Morgan fingerprint density at radius 2 is 1.95 bits per heavy atom. The van der Waals surface area contributed by atoms with Crippen LogP contribution in [0.3, 0.4) is 0 Å². The number of aryl methyl sites for hydroxylation is 2. The maximum atomic E-state index is 13.0. The van der Waals surface area contributed by atoms with E-state index in [0.29, 0.717) is 60.4 Å². The lowest BCUT2D eigenvalue weighted by atomic mass is 10.1. The highest BCUT2D eigenvalue weighted by Crippen LogP contribution is 2.23. The predicted molar refractivity (Wildman–Crippen MR) is 141 cm³/mol. The topological polar surface area (TPSA) is 127 Å². The molecule has 3 amide bonds. The zero-order chi connectivity index (χ0) is 26.9. The average Bonchev–Trinajstić information content (AvgIpc) is 3.37. The van der Waals surface area contributed by atoms with E-state index < -0.39 is 0 Å². The highest BCUT2D eigenvalue weighted by atomic mass is 35.5. The number of halogens is 1. The fraction of sp³-hybridized carbons (Fsp3) is 0.370. The van der Waals surface area contributed by atoms with Gasteiger partial charge in [-0.05, 0) is 43.5 Å². The Morgan fingerprint density at radius 1 is 1.11 bits per heavy atom. The first-order valence-corrected chi connectivity index (χ1v) is 12.9. The van der Waals surface area contributed by atoms with Crippen LogP contribution in [0.1, 0.15) is 41.1 Å². The molecule has 1 aliphatic heterocycles. The lowest BCUT2D eigenvalue weighted by molar-refractivity contribution is -0.136. The van der Waals surface area contributed by atoms with Crippen molar-refractivity contribution in [1.82, 2.24) is 25.7 Å². The molecule has 2 heterocycles. The molecule has 0 saturated heterocycles. The molecule has 2 aromatic carbocycles. The number of rotatable bonds is 5. The van der Waals surface area contributed by atoms with E-state index in [4.69, 9.17) is 20.9 Å². The van der Waals surface area contributed by atoms with Gasteiger partial charge >= 0.3 is 0 Å². The van der Waals surface area contributed by atoms with Gasteiger partial charge < -0.3 is 24.8 Å². The molecule has 0 unspecified atom stereocenters. The number of amides is 3. The molecule has 38 heavy (non-hydrogen) atoms. The Morgan fingerprint density at radius 3 is 2.79 bits per heavy atom. The summed E-state index contributed by atoms with van der Waals surface area (Å²) in [4.78, 5) is 44.1. The number of aromatic nitrogens is 2. The molecule has 0 aliphatic carbocycles. The minimum Gasteiger partial charge on any atom is -0.491 e. The third-order valence-corrected chi connectivity index (χ3v) is 6.32. The maximum Gasteiger partial charge on any atom is 0.255 e. The minimum absolute atomic E-state index is 0.0725. The van der Waals surface area contributed by atoms with Gasteiger partial charge in [-0.3, -0.25) is 14.4 Å². The first kappa shape index (κ1) is 27.1. The van der Waals surface area contributed by atoms with E-state index in [9.17, 15) is 14.4 Å². The van der Waals surface area contributed by atoms with E-state index in [1.807, 2.05) is 31.2 Å². The predicted octanol–water partition coefficient (Wildman–Crippen LogP) is 3.18. The van der Waals surface area contributed by atoms with Gasteiger partial charge in [0.05, 0.1) is 18.7 Å². The monoisotopic (exact) mass is 539 g/mol. The van der Waals surface area contributed by atoms with Crippen molar-refractivity contribution in [2.75, 3.05) is 32.8 Å². The van der Waals surface area contributed by atoms with Crippen LogP contribution in [0.25, 0.3) is 11.4 Å². The number of benzene rings is 2. The normalized spacial score (nSPS) is 15.1. The molecular formula is C27H30ClN5O5. The number of carbonyl (C=O) groups is 3. The van der Waals surface area contributed by atoms with Crippen molar-refractivity contribution >= 4 is 29.3 Å². The fourth-order valence-electron chi connectivity index (χ4n) is 4.08. The van der Waals surface area contributed by atoms with Crippen LogP contribution in [0, 0.1) is 6.92 Å². The second-order valence-corrected chi connectivity index (χ2v) is 9.38. The van der Waals surface area contributed by atoms with Gasteiger partial charge in [0.25, 0.3) is 5.91 Å². The molecule has 0 saturated carbocycles. The van der Waals surface area contributed by atoms with Crippen molar-refractivity contribution in [2.24, 2.45) is 0 Å². The largest absolute Gasteiger partial charge is 0.491 e. The Labute approximate surface area is 225 Å². The van der Waals surface area contributed by atoms with Gasteiger partial charge in [-0.15, -0.1) is 0 Å². The van der Waals surface area contributed by atoms with Crippen LogP contribution in [0.4, 0.5) is 0 Å². The third kappa shape index (κ3) is 7.32. The summed E-state index contributed by atoms with van der Waals surface area (Å²) >= 11 is 6.05. The van der Waals surface area contributed by atoms with Crippen LogP contribution in [0.15, 0.2) is 47.0 Å². The summed E-state index contributed by atoms with van der Waals surface area (Å²) in [5.74, 6) is 0.614. The Balaban J connectivity index is 1.32. The number of carbonyl (C=O) groups excluding carboxylic acids is 3.